The fraction of sp³-hybridized carbons (Fsp3) is 0.304. The molecular formula is C23H23ClN2O3. The number of rotatable bonds is 4. The molecule has 2 unspecified atom stereocenters. The van der Waals surface area contributed by atoms with E-state index in [4.69, 9.17) is 16.3 Å². The highest BCUT2D eigenvalue weighted by molar-refractivity contribution is 6.31. The highest BCUT2D eigenvalue weighted by Crippen LogP contribution is 2.52. The largest absolute Gasteiger partial charge is 0.465 e. The Labute approximate surface area is 175 Å². The monoisotopic (exact) mass is 410 g/mol. The molecule has 0 aromatic heterocycles. The Morgan fingerprint density at radius 1 is 1.21 bits per heavy atom. The van der Waals surface area contributed by atoms with Crippen molar-refractivity contribution >= 4 is 35.0 Å². The third-order valence-corrected chi connectivity index (χ3v) is 6.27. The van der Waals surface area contributed by atoms with Crippen LogP contribution in [-0.2, 0) is 16.0 Å². The van der Waals surface area contributed by atoms with Crippen molar-refractivity contribution in [2.75, 3.05) is 17.2 Å². The van der Waals surface area contributed by atoms with Gasteiger partial charge in [-0.2, -0.15) is 0 Å². The first-order chi connectivity index (χ1) is 13.9. The smallest absolute Gasteiger partial charge is 0.323 e. The van der Waals surface area contributed by atoms with Crippen LogP contribution in [0, 0.1) is 18.3 Å². The molecule has 4 rings (SSSR count). The Kier molecular flexibility index (Phi) is 5.09. The first-order valence-electron chi connectivity index (χ1n) is 9.63. The predicted molar refractivity (Wildman–Crippen MR) is 114 cm³/mol. The van der Waals surface area contributed by atoms with E-state index in [9.17, 15) is 9.59 Å². The van der Waals surface area contributed by atoms with Crippen molar-refractivity contribution in [2.45, 2.75) is 26.2 Å². The van der Waals surface area contributed by atoms with Gasteiger partial charge in [0, 0.05) is 22.3 Å². The van der Waals surface area contributed by atoms with Gasteiger partial charge in [-0.1, -0.05) is 42.0 Å². The summed E-state index contributed by atoms with van der Waals surface area (Å²) in [5.74, 6) is 0.104. The van der Waals surface area contributed by atoms with Crippen LogP contribution < -0.4 is 10.6 Å². The lowest BCUT2D eigenvalue weighted by atomic mass is 9.75. The summed E-state index contributed by atoms with van der Waals surface area (Å²) in [5, 5.41) is 6.17. The molecular weight excluding hydrogens is 388 g/mol. The van der Waals surface area contributed by atoms with E-state index in [0.717, 1.165) is 23.1 Å². The van der Waals surface area contributed by atoms with Crippen LogP contribution in [0.4, 0.5) is 16.2 Å². The zero-order chi connectivity index (χ0) is 20.6. The predicted octanol–water partition coefficient (Wildman–Crippen LogP) is 5.34. The lowest BCUT2D eigenvalue weighted by Gasteiger charge is -2.24. The number of anilines is 2. The van der Waals surface area contributed by atoms with Crippen molar-refractivity contribution in [3.05, 3.63) is 70.8 Å². The molecule has 2 aromatic rings. The standard InChI is InChI=1S/C23H23ClN2O3/c1-14-9-17-13-29-21(27)23(17,11-14)12-16-4-7-18(8-5-16)25-22(28)26-19-6-3-15(2)20(24)10-19/h3-8,10,17H,1,9,11-13H2,2H3,(H2,25,26,28). The number of carbonyl (C=O) groups is 2. The molecule has 0 bridgehead atoms. The highest BCUT2D eigenvalue weighted by Gasteiger charge is 2.55. The molecule has 29 heavy (non-hydrogen) atoms. The average Bonchev–Trinajstić information content (AvgIpc) is 3.14. The van der Waals surface area contributed by atoms with Crippen molar-refractivity contribution < 1.29 is 14.3 Å². The molecule has 0 spiro atoms. The maximum absolute atomic E-state index is 12.4. The molecule has 2 amide bonds. The van der Waals surface area contributed by atoms with E-state index in [1.54, 1.807) is 12.1 Å². The van der Waals surface area contributed by atoms with Gasteiger partial charge < -0.3 is 15.4 Å². The molecule has 2 atom stereocenters. The van der Waals surface area contributed by atoms with Crippen LogP contribution in [0.1, 0.15) is 24.0 Å². The zero-order valence-electron chi connectivity index (χ0n) is 16.3. The summed E-state index contributed by atoms with van der Waals surface area (Å²) in [5.41, 5.74) is 3.93. The van der Waals surface area contributed by atoms with Gasteiger partial charge in [0.25, 0.3) is 0 Å². The van der Waals surface area contributed by atoms with Crippen LogP contribution in [-0.4, -0.2) is 18.6 Å². The number of hydrogen-bond acceptors (Lipinski definition) is 3. The van der Waals surface area contributed by atoms with Crippen LogP contribution in [0.3, 0.4) is 0 Å². The van der Waals surface area contributed by atoms with E-state index in [-0.39, 0.29) is 17.9 Å². The van der Waals surface area contributed by atoms with Crippen LogP contribution >= 0.6 is 11.6 Å². The summed E-state index contributed by atoms with van der Waals surface area (Å²) in [4.78, 5) is 24.7. The van der Waals surface area contributed by atoms with Gasteiger partial charge in [-0.25, -0.2) is 4.79 Å². The summed E-state index contributed by atoms with van der Waals surface area (Å²) in [6.45, 7) is 6.47. The normalized spacial score (nSPS) is 22.9. The maximum atomic E-state index is 12.4. The fourth-order valence-electron chi connectivity index (χ4n) is 4.30. The average molecular weight is 411 g/mol. The number of carbonyl (C=O) groups excluding carboxylic acids is 2. The zero-order valence-corrected chi connectivity index (χ0v) is 17.0. The molecule has 1 saturated carbocycles. The van der Waals surface area contributed by atoms with E-state index in [0.29, 0.717) is 35.8 Å². The Morgan fingerprint density at radius 2 is 1.90 bits per heavy atom. The number of allylic oxidation sites excluding steroid dienone is 1. The minimum Gasteiger partial charge on any atom is -0.465 e. The van der Waals surface area contributed by atoms with Crippen LogP contribution in [0.2, 0.25) is 5.02 Å². The number of cyclic esters (lactones) is 1. The van der Waals surface area contributed by atoms with Crippen molar-refractivity contribution in [3.63, 3.8) is 0 Å². The van der Waals surface area contributed by atoms with E-state index in [1.165, 1.54) is 0 Å². The number of benzene rings is 2. The number of hydrogen-bond donors (Lipinski definition) is 2. The molecule has 1 heterocycles. The van der Waals surface area contributed by atoms with Crippen molar-refractivity contribution in [2.24, 2.45) is 11.3 Å². The molecule has 150 valence electrons. The second-order valence-corrected chi connectivity index (χ2v) is 8.41. The van der Waals surface area contributed by atoms with Crippen LogP contribution in [0.15, 0.2) is 54.6 Å². The fourth-order valence-corrected chi connectivity index (χ4v) is 4.48. The van der Waals surface area contributed by atoms with Crippen LogP contribution in [0.5, 0.6) is 0 Å². The van der Waals surface area contributed by atoms with Crippen molar-refractivity contribution in [3.8, 4) is 0 Å². The van der Waals surface area contributed by atoms with E-state index in [1.807, 2.05) is 37.3 Å². The summed E-state index contributed by atoms with van der Waals surface area (Å²) in [7, 11) is 0. The second kappa shape index (κ2) is 7.56. The van der Waals surface area contributed by atoms with Gasteiger partial charge in [0.15, 0.2) is 0 Å². The first-order valence-corrected chi connectivity index (χ1v) is 10.0. The number of amides is 2. The SMILES string of the molecule is C=C1CC2COC(=O)C2(Cc2ccc(NC(=O)Nc3ccc(C)c(Cl)c3)cc2)C1. The summed E-state index contributed by atoms with van der Waals surface area (Å²) < 4.78 is 5.34. The number of aryl methyl sites for hydroxylation is 1. The van der Waals surface area contributed by atoms with Gasteiger partial charge in [0.05, 0.1) is 12.0 Å². The molecule has 2 fully saturated rings. The molecule has 1 aliphatic carbocycles. The number of ether oxygens (including phenoxy) is 1. The molecule has 2 N–H and O–H groups in total. The van der Waals surface area contributed by atoms with E-state index >= 15 is 0 Å². The number of esters is 1. The van der Waals surface area contributed by atoms with Gasteiger partial charge in [-0.3, -0.25) is 4.79 Å². The number of nitrogens with one attached hydrogen (secondary N) is 2. The molecule has 0 radical (unpaired) electrons. The summed E-state index contributed by atoms with van der Waals surface area (Å²) in [6.07, 6.45) is 2.18. The van der Waals surface area contributed by atoms with Crippen molar-refractivity contribution in [1.82, 2.24) is 0 Å². The third kappa shape index (κ3) is 3.87. The van der Waals surface area contributed by atoms with Crippen molar-refractivity contribution in [1.29, 1.82) is 0 Å². The van der Waals surface area contributed by atoms with Crippen LogP contribution in [0.25, 0.3) is 0 Å². The Bertz CT molecular complexity index is 986. The first kappa shape index (κ1) is 19.5. The molecule has 6 heteroatoms. The minimum absolute atomic E-state index is 0.112. The topological polar surface area (TPSA) is 67.4 Å². The Hall–Kier alpha value is -2.79. The van der Waals surface area contributed by atoms with Gasteiger partial charge in [-0.15, -0.1) is 0 Å². The molecule has 2 aliphatic rings. The lowest BCUT2D eigenvalue weighted by molar-refractivity contribution is -0.146. The Balaban J connectivity index is 1.40. The molecule has 1 saturated heterocycles. The molecule has 2 aromatic carbocycles. The third-order valence-electron chi connectivity index (χ3n) is 5.87. The number of fused-ring (bicyclic) bond motifs is 1. The van der Waals surface area contributed by atoms with E-state index in [2.05, 4.69) is 17.2 Å². The number of halogens is 1. The lowest BCUT2D eigenvalue weighted by Crippen LogP contribution is -2.31. The van der Waals surface area contributed by atoms with Gasteiger partial charge in [0.2, 0.25) is 0 Å². The second-order valence-electron chi connectivity index (χ2n) is 8.00. The maximum Gasteiger partial charge on any atom is 0.323 e. The highest BCUT2D eigenvalue weighted by atomic mass is 35.5. The van der Waals surface area contributed by atoms with E-state index < -0.39 is 5.41 Å². The van der Waals surface area contributed by atoms with Gasteiger partial charge in [0.1, 0.15) is 0 Å². The Morgan fingerprint density at radius 3 is 2.62 bits per heavy atom. The quantitative estimate of drug-likeness (QED) is 0.527. The van der Waals surface area contributed by atoms with Gasteiger partial charge in [-0.05, 0) is 61.6 Å². The van der Waals surface area contributed by atoms with Gasteiger partial charge >= 0.3 is 12.0 Å². The molecule has 5 nitrogen and oxygen atoms in total. The summed E-state index contributed by atoms with van der Waals surface area (Å²) >= 11 is 6.09. The number of urea groups is 1. The summed E-state index contributed by atoms with van der Waals surface area (Å²) in [6, 6.07) is 12.6. The minimum atomic E-state index is -0.478. The molecule has 1 aliphatic heterocycles.